The molecule has 5 heteroatoms. The van der Waals surface area contributed by atoms with Gasteiger partial charge in [0.05, 0.1) is 13.2 Å². The van der Waals surface area contributed by atoms with Crippen LogP contribution in [0, 0.1) is 0 Å². The van der Waals surface area contributed by atoms with Gasteiger partial charge in [-0.1, -0.05) is 0 Å². The van der Waals surface area contributed by atoms with E-state index in [2.05, 4.69) is 5.32 Å². The van der Waals surface area contributed by atoms with Gasteiger partial charge in [0.1, 0.15) is 5.75 Å². The molecule has 0 aromatic heterocycles. The summed E-state index contributed by atoms with van der Waals surface area (Å²) in [7, 11) is 0. The molecule has 1 aromatic carbocycles. The average Bonchev–Trinajstić information content (AvgIpc) is 2.34. The van der Waals surface area contributed by atoms with Gasteiger partial charge in [-0.3, -0.25) is 4.79 Å². The molecule has 94 valence electrons. The summed E-state index contributed by atoms with van der Waals surface area (Å²) in [5.74, 6) is -0.0360. The number of hydrogen-bond acceptors (Lipinski definition) is 4. The predicted octanol–water partition coefficient (Wildman–Crippen LogP) is 0.521. The number of ether oxygens (including phenoxy) is 1. The third-order valence-corrected chi connectivity index (χ3v) is 2.12. The molecular weight excluding hydrogens is 222 g/mol. The Morgan fingerprint density at radius 3 is 2.59 bits per heavy atom. The van der Waals surface area contributed by atoms with Crippen LogP contribution >= 0.6 is 0 Å². The second-order valence-corrected chi connectivity index (χ2v) is 3.49. The summed E-state index contributed by atoms with van der Waals surface area (Å²) in [5, 5.41) is 20.3. The number of phenolic OH excluding ortho intramolecular Hbond substituents is 1. The number of phenols is 1. The van der Waals surface area contributed by atoms with Crippen LogP contribution in [0.2, 0.25) is 0 Å². The largest absolute Gasteiger partial charge is 0.508 e. The number of carbonyl (C=O) groups is 1. The van der Waals surface area contributed by atoms with Crippen molar-refractivity contribution < 1.29 is 19.7 Å². The smallest absolute Gasteiger partial charge is 0.251 e. The lowest BCUT2D eigenvalue weighted by Crippen LogP contribution is -2.25. The first-order valence-electron chi connectivity index (χ1n) is 5.50. The molecule has 0 saturated carbocycles. The minimum absolute atomic E-state index is 0.0138. The molecule has 1 amide bonds. The number of hydrogen-bond donors (Lipinski definition) is 3. The number of amides is 1. The average molecular weight is 239 g/mol. The van der Waals surface area contributed by atoms with Crippen molar-refractivity contribution in [2.24, 2.45) is 0 Å². The Morgan fingerprint density at radius 1 is 1.24 bits per heavy atom. The summed E-state index contributed by atoms with van der Waals surface area (Å²) < 4.78 is 5.05. The number of aliphatic hydroxyl groups excluding tert-OH is 1. The van der Waals surface area contributed by atoms with E-state index >= 15 is 0 Å². The van der Waals surface area contributed by atoms with E-state index in [9.17, 15) is 4.79 Å². The third-order valence-electron chi connectivity index (χ3n) is 2.12. The molecule has 0 aliphatic heterocycles. The van der Waals surface area contributed by atoms with Crippen LogP contribution in [-0.2, 0) is 4.74 Å². The van der Waals surface area contributed by atoms with Crippen molar-refractivity contribution in [3.05, 3.63) is 29.8 Å². The van der Waals surface area contributed by atoms with E-state index in [1.165, 1.54) is 12.1 Å². The first kappa shape index (κ1) is 13.5. The zero-order valence-corrected chi connectivity index (χ0v) is 9.56. The van der Waals surface area contributed by atoms with Crippen LogP contribution in [0.15, 0.2) is 24.3 Å². The van der Waals surface area contributed by atoms with Crippen LogP contribution in [-0.4, -0.2) is 42.5 Å². The van der Waals surface area contributed by atoms with Crippen molar-refractivity contribution in [3.63, 3.8) is 0 Å². The fraction of sp³-hybridized carbons (Fsp3) is 0.417. The summed E-state index contributed by atoms with van der Waals surface area (Å²) in [4.78, 5) is 11.6. The van der Waals surface area contributed by atoms with E-state index in [0.29, 0.717) is 31.7 Å². The molecule has 0 bridgehead atoms. The Hall–Kier alpha value is -1.59. The molecule has 0 atom stereocenters. The Morgan fingerprint density at radius 2 is 1.94 bits per heavy atom. The second kappa shape index (κ2) is 7.65. The molecule has 0 spiro atoms. The number of aliphatic hydroxyl groups is 1. The first-order chi connectivity index (χ1) is 8.24. The van der Waals surface area contributed by atoms with E-state index in [1.54, 1.807) is 12.1 Å². The molecule has 1 aromatic rings. The van der Waals surface area contributed by atoms with Gasteiger partial charge in [-0.05, 0) is 30.7 Å². The highest BCUT2D eigenvalue weighted by atomic mass is 16.5. The summed E-state index contributed by atoms with van der Waals surface area (Å²) in [5.41, 5.74) is 0.513. The number of rotatable bonds is 7. The molecule has 5 nitrogen and oxygen atoms in total. The topological polar surface area (TPSA) is 78.8 Å². The van der Waals surface area contributed by atoms with E-state index in [4.69, 9.17) is 14.9 Å². The number of aromatic hydroxyl groups is 1. The summed E-state index contributed by atoms with van der Waals surface area (Å²) in [6.07, 6.45) is 0.698. The quantitative estimate of drug-likeness (QED) is 0.606. The maximum absolute atomic E-state index is 11.6. The Kier molecular flexibility index (Phi) is 6.06. The van der Waals surface area contributed by atoms with E-state index in [1.807, 2.05) is 0 Å². The molecule has 0 aliphatic rings. The van der Waals surface area contributed by atoms with E-state index in [0.717, 1.165) is 0 Å². The van der Waals surface area contributed by atoms with Crippen LogP contribution in [0.4, 0.5) is 0 Å². The highest BCUT2D eigenvalue weighted by Gasteiger charge is 2.03. The van der Waals surface area contributed by atoms with Crippen molar-refractivity contribution in [2.75, 3.05) is 26.4 Å². The standard InChI is InChI=1S/C12H17NO4/c14-7-9-17-8-1-6-13-12(16)10-2-4-11(15)5-3-10/h2-5,14-15H,1,6-9H2,(H,13,16). The van der Waals surface area contributed by atoms with Gasteiger partial charge in [0.25, 0.3) is 5.91 Å². The number of nitrogens with one attached hydrogen (secondary N) is 1. The molecule has 17 heavy (non-hydrogen) atoms. The van der Waals surface area contributed by atoms with Gasteiger partial charge in [-0.25, -0.2) is 0 Å². The maximum Gasteiger partial charge on any atom is 0.251 e. The van der Waals surface area contributed by atoms with Crippen molar-refractivity contribution >= 4 is 5.91 Å². The van der Waals surface area contributed by atoms with Gasteiger partial charge in [-0.2, -0.15) is 0 Å². The summed E-state index contributed by atoms with van der Waals surface area (Å²) >= 11 is 0. The molecule has 0 aliphatic carbocycles. The maximum atomic E-state index is 11.6. The monoisotopic (exact) mass is 239 g/mol. The Balaban J connectivity index is 2.19. The van der Waals surface area contributed by atoms with Gasteiger partial charge in [0.15, 0.2) is 0 Å². The molecule has 0 radical (unpaired) electrons. The van der Waals surface area contributed by atoms with Gasteiger partial charge >= 0.3 is 0 Å². The lowest BCUT2D eigenvalue weighted by molar-refractivity contribution is 0.0867. The van der Waals surface area contributed by atoms with Crippen LogP contribution in [0.3, 0.4) is 0 Å². The predicted molar refractivity (Wildman–Crippen MR) is 63.0 cm³/mol. The van der Waals surface area contributed by atoms with Gasteiger partial charge in [0.2, 0.25) is 0 Å². The van der Waals surface area contributed by atoms with Crippen molar-refractivity contribution in [1.29, 1.82) is 0 Å². The summed E-state index contributed by atoms with van der Waals surface area (Å²) in [6.45, 7) is 1.37. The second-order valence-electron chi connectivity index (χ2n) is 3.49. The minimum atomic E-state index is -0.174. The highest BCUT2D eigenvalue weighted by Crippen LogP contribution is 2.09. The van der Waals surface area contributed by atoms with Crippen molar-refractivity contribution in [2.45, 2.75) is 6.42 Å². The van der Waals surface area contributed by atoms with E-state index < -0.39 is 0 Å². The van der Waals surface area contributed by atoms with Gasteiger partial charge in [0, 0.05) is 18.7 Å². The van der Waals surface area contributed by atoms with Crippen LogP contribution in [0.5, 0.6) is 5.75 Å². The Labute approximate surface area is 100 Å². The fourth-order valence-corrected chi connectivity index (χ4v) is 1.26. The third kappa shape index (κ3) is 5.33. The fourth-order valence-electron chi connectivity index (χ4n) is 1.26. The molecule has 1 rings (SSSR count). The lowest BCUT2D eigenvalue weighted by Gasteiger charge is -2.05. The molecule has 0 saturated heterocycles. The molecule has 3 N–H and O–H groups in total. The zero-order valence-electron chi connectivity index (χ0n) is 9.56. The number of carbonyl (C=O) groups excluding carboxylic acids is 1. The van der Waals surface area contributed by atoms with Gasteiger partial charge < -0.3 is 20.3 Å². The zero-order chi connectivity index (χ0) is 12.5. The summed E-state index contributed by atoms with van der Waals surface area (Å²) in [6, 6.07) is 6.07. The Bertz CT molecular complexity index is 337. The van der Waals surface area contributed by atoms with Crippen LogP contribution in [0.1, 0.15) is 16.8 Å². The van der Waals surface area contributed by atoms with Crippen LogP contribution in [0.25, 0.3) is 0 Å². The first-order valence-corrected chi connectivity index (χ1v) is 5.50. The normalized spacial score (nSPS) is 10.2. The van der Waals surface area contributed by atoms with Crippen molar-refractivity contribution in [1.82, 2.24) is 5.32 Å². The highest BCUT2D eigenvalue weighted by molar-refractivity contribution is 5.94. The molecule has 0 fully saturated rings. The van der Waals surface area contributed by atoms with Crippen LogP contribution < -0.4 is 5.32 Å². The lowest BCUT2D eigenvalue weighted by atomic mass is 10.2. The van der Waals surface area contributed by atoms with Crippen molar-refractivity contribution in [3.8, 4) is 5.75 Å². The molecule has 0 unspecified atom stereocenters. The van der Waals surface area contributed by atoms with E-state index in [-0.39, 0.29) is 18.3 Å². The number of benzene rings is 1. The molecule has 0 heterocycles. The van der Waals surface area contributed by atoms with Gasteiger partial charge in [-0.15, -0.1) is 0 Å². The molecular formula is C12H17NO4. The minimum Gasteiger partial charge on any atom is -0.508 e. The SMILES string of the molecule is O=C(NCCCOCCO)c1ccc(O)cc1.